The average molecular weight is 349 g/mol. The highest BCUT2D eigenvalue weighted by atomic mass is 16.6. The van der Waals surface area contributed by atoms with Crippen LogP contribution >= 0.6 is 0 Å². The molecule has 1 aliphatic rings. The molecule has 1 aromatic rings. The summed E-state index contributed by atoms with van der Waals surface area (Å²) in [4.78, 5) is 37.9. The number of carbonyl (C=O) groups excluding carboxylic acids is 3. The molecule has 7 nitrogen and oxygen atoms in total. The van der Waals surface area contributed by atoms with Crippen LogP contribution in [0.3, 0.4) is 0 Å². The van der Waals surface area contributed by atoms with Crippen molar-refractivity contribution in [1.82, 2.24) is 4.90 Å². The first kappa shape index (κ1) is 18.9. The zero-order valence-electron chi connectivity index (χ0n) is 14.7. The second-order valence-corrected chi connectivity index (χ2v) is 6.96. The van der Waals surface area contributed by atoms with Crippen LogP contribution in [0.4, 0.5) is 4.79 Å². The summed E-state index contributed by atoms with van der Waals surface area (Å²) < 4.78 is 10.5. The number of rotatable bonds is 4. The summed E-state index contributed by atoms with van der Waals surface area (Å²) in [6.45, 7) is 4.22. The molecule has 1 aliphatic heterocycles. The molecule has 1 fully saturated rings. The molecule has 0 unspecified atom stereocenters. The Hall–Kier alpha value is -2.41. The van der Waals surface area contributed by atoms with Gasteiger partial charge in [0.25, 0.3) is 0 Å². The van der Waals surface area contributed by atoms with E-state index in [1.807, 2.05) is 6.07 Å². The molecule has 0 saturated carbocycles. The van der Waals surface area contributed by atoms with E-state index < -0.39 is 35.7 Å². The van der Waals surface area contributed by atoms with E-state index in [-0.39, 0.29) is 19.4 Å². The van der Waals surface area contributed by atoms with Gasteiger partial charge in [0.1, 0.15) is 12.2 Å². The van der Waals surface area contributed by atoms with Gasteiger partial charge in [-0.15, -0.1) is 0 Å². The summed E-state index contributed by atoms with van der Waals surface area (Å²) in [5.41, 5.74) is -1.82. The van der Waals surface area contributed by atoms with Gasteiger partial charge in [0.05, 0.1) is 6.61 Å². The van der Waals surface area contributed by atoms with Crippen molar-refractivity contribution in [2.45, 2.75) is 51.4 Å². The molecule has 0 bridgehead atoms. The van der Waals surface area contributed by atoms with Crippen LogP contribution in [0.2, 0.25) is 0 Å². The number of nitrogens with zero attached hydrogens (tertiary/aromatic N) is 1. The average Bonchev–Trinajstić information content (AvgIpc) is 2.90. The molecule has 136 valence electrons. The van der Waals surface area contributed by atoms with Gasteiger partial charge in [-0.3, -0.25) is 4.79 Å². The molecule has 1 atom stereocenters. The van der Waals surface area contributed by atoms with Gasteiger partial charge < -0.3 is 14.6 Å². The van der Waals surface area contributed by atoms with E-state index >= 15 is 0 Å². The van der Waals surface area contributed by atoms with Crippen molar-refractivity contribution in [3.63, 3.8) is 0 Å². The van der Waals surface area contributed by atoms with Crippen molar-refractivity contribution < 1.29 is 29.0 Å². The molecule has 2 rings (SSSR count). The molecule has 0 radical (unpaired) electrons. The number of amides is 2. The van der Waals surface area contributed by atoms with Gasteiger partial charge in [-0.2, -0.15) is 0 Å². The minimum Gasteiger partial charge on any atom is -0.459 e. The lowest BCUT2D eigenvalue weighted by atomic mass is 9.97. The Bertz CT molecular complexity index is 651. The van der Waals surface area contributed by atoms with E-state index in [1.165, 1.54) is 0 Å². The number of ether oxygens (including phenoxy) is 2. The Labute approximate surface area is 146 Å². The highest BCUT2D eigenvalue weighted by Gasteiger charge is 2.56. The van der Waals surface area contributed by atoms with Gasteiger partial charge >= 0.3 is 12.1 Å². The molecular formula is C18H23NO6. The summed E-state index contributed by atoms with van der Waals surface area (Å²) >= 11 is 0. The zero-order chi connectivity index (χ0) is 18.7. The molecule has 25 heavy (non-hydrogen) atoms. The Morgan fingerprint density at radius 1 is 1.24 bits per heavy atom. The third-order valence-electron chi connectivity index (χ3n) is 3.86. The van der Waals surface area contributed by atoms with Crippen LogP contribution in [-0.4, -0.2) is 45.7 Å². The van der Waals surface area contributed by atoms with Crippen molar-refractivity contribution in [3.8, 4) is 0 Å². The first-order valence-electron chi connectivity index (χ1n) is 8.08. The van der Waals surface area contributed by atoms with Crippen molar-refractivity contribution >= 4 is 18.0 Å². The smallest absolute Gasteiger partial charge is 0.418 e. The molecule has 7 heteroatoms. The topological polar surface area (TPSA) is 93.1 Å². The molecule has 1 aromatic carbocycles. The maximum atomic E-state index is 12.6. The second kappa shape index (κ2) is 7.23. The number of imide groups is 1. The SMILES string of the molecule is CC(C)(C)OC(=O)N1C(=O)CC[C@@]1(CO)C(=O)OCc1ccccc1. The number of aliphatic hydroxyl groups excluding tert-OH is 1. The molecule has 1 N–H and O–H groups in total. The lowest BCUT2D eigenvalue weighted by Crippen LogP contribution is -2.58. The Morgan fingerprint density at radius 2 is 1.88 bits per heavy atom. The van der Waals surface area contributed by atoms with Crippen LogP contribution in [0.15, 0.2) is 30.3 Å². The maximum absolute atomic E-state index is 12.6. The molecule has 2 amide bonds. The van der Waals surface area contributed by atoms with E-state index in [0.29, 0.717) is 4.90 Å². The first-order valence-corrected chi connectivity index (χ1v) is 8.08. The lowest BCUT2D eigenvalue weighted by molar-refractivity contribution is -0.163. The summed E-state index contributed by atoms with van der Waals surface area (Å²) in [6.07, 6.45) is -1.00. The van der Waals surface area contributed by atoms with Crippen LogP contribution < -0.4 is 0 Å². The number of hydrogen-bond donors (Lipinski definition) is 1. The van der Waals surface area contributed by atoms with Gasteiger partial charge in [-0.1, -0.05) is 30.3 Å². The van der Waals surface area contributed by atoms with E-state index in [9.17, 15) is 19.5 Å². The fraction of sp³-hybridized carbons (Fsp3) is 0.500. The van der Waals surface area contributed by atoms with Gasteiger partial charge in [0.15, 0.2) is 5.54 Å². The standard InChI is InChI=1S/C18H23NO6/c1-17(2,3)25-16(23)19-14(21)9-10-18(19,12-20)15(22)24-11-13-7-5-4-6-8-13/h4-8,20H,9-12H2,1-3H3/t18-/m1/s1. The minimum absolute atomic E-state index is 0.00476. The van der Waals surface area contributed by atoms with Gasteiger partial charge in [-0.05, 0) is 32.8 Å². The van der Waals surface area contributed by atoms with E-state index in [4.69, 9.17) is 9.47 Å². The lowest BCUT2D eigenvalue weighted by Gasteiger charge is -2.34. The quantitative estimate of drug-likeness (QED) is 0.836. The number of benzene rings is 1. The summed E-state index contributed by atoms with van der Waals surface area (Å²) in [5, 5.41) is 9.82. The zero-order valence-corrected chi connectivity index (χ0v) is 14.7. The second-order valence-electron chi connectivity index (χ2n) is 6.96. The highest BCUT2D eigenvalue weighted by molar-refractivity contribution is 6.02. The number of esters is 1. The Morgan fingerprint density at radius 3 is 2.44 bits per heavy atom. The number of carbonyl (C=O) groups is 3. The Kier molecular flexibility index (Phi) is 5.47. The molecule has 0 aliphatic carbocycles. The third kappa shape index (κ3) is 4.17. The predicted molar refractivity (Wildman–Crippen MR) is 88.4 cm³/mol. The van der Waals surface area contributed by atoms with Crippen molar-refractivity contribution in [2.24, 2.45) is 0 Å². The highest BCUT2D eigenvalue weighted by Crippen LogP contribution is 2.33. The summed E-state index contributed by atoms with van der Waals surface area (Å²) in [5.74, 6) is -1.39. The van der Waals surface area contributed by atoms with E-state index in [0.717, 1.165) is 5.56 Å². The largest absolute Gasteiger partial charge is 0.459 e. The molecular weight excluding hydrogens is 326 g/mol. The first-order chi connectivity index (χ1) is 11.7. The number of hydrogen-bond acceptors (Lipinski definition) is 6. The summed E-state index contributed by atoms with van der Waals surface area (Å²) in [7, 11) is 0. The van der Waals surface area contributed by atoms with Crippen molar-refractivity contribution in [3.05, 3.63) is 35.9 Å². The fourth-order valence-electron chi connectivity index (χ4n) is 2.63. The maximum Gasteiger partial charge on any atom is 0.418 e. The van der Waals surface area contributed by atoms with Crippen LogP contribution in [-0.2, 0) is 25.7 Å². The van der Waals surface area contributed by atoms with Crippen LogP contribution in [0, 0.1) is 0 Å². The van der Waals surface area contributed by atoms with E-state index in [2.05, 4.69) is 0 Å². The van der Waals surface area contributed by atoms with Crippen molar-refractivity contribution in [1.29, 1.82) is 0 Å². The molecule has 0 aromatic heterocycles. The molecule has 0 spiro atoms. The van der Waals surface area contributed by atoms with Crippen LogP contribution in [0.5, 0.6) is 0 Å². The fourth-order valence-corrected chi connectivity index (χ4v) is 2.63. The third-order valence-corrected chi connectivity index (χ3v) is 3.86. The number of likely N-dealkylation sites (tertiary alicyclic amines) is 1. The molecule has 1 heterocycles. The van der Waals surface area contributed by atoms with Gasteiger partial charge in [0, 0.05) is 6.42 Å². The summed E-state index contributed by atoms with van der Waals surface area (Å²) in [6, 6.07) is 9.00. The van der Waals surface area contributed by atoms with Crippen molar-refractivity contribution in [2.75, 3.05) is 6.61 Å². The van der Waals surface area contributed by atoms with E-state index in [1.54, 1.807) is 45.0 Å². The van der Waals surface area contributed by atoms with Crippen LogP contribution in [0.1, 0.15) is 39.2 Å². The van der Waals surface area contributed by atoms with Gasteiger partial charge in [0.2, 0.25) is 5.91 Å². The number of aliphatic hydroxyl groups is 1. The monoisotopic (exact) mass is 349 g/mol. The van der Waals surface area contributed by atoms with Crippen LogP contribution in [0.25, 0.3) is 0 Å². The predicted octanol–water partition coefficient (Wildman–Crippen LogP) is 2.02. The molecule has 1 saturated heterocycles. The Balaban J connectivity index is 2.19. The minimum atomic E-state index is -1.74. The normalized spacial score (nSPS) is 20.5. The van der Waals surface area contributed by atoms with Gasteiger partial charge in [-0.25, -0.2) is 14.5 Å².